The normalized spacial score (nSPS) is 12.9. The molecule has 7 nitrogen and oxygen atoms in total. The fraction of sp³-hybridized carbons (Fsp3) is 0.235. The summed E-state index contributed by atoms with van der Waals surface area (Å²) in [7, 11) is 0. The predicted molar refractivity (Wildman–Crippen MR) is 89.8 cm³/mol. The highest BCUT2D eigenvalue weighted by Crippen LogP contribution is 2.26. The molecule has 0 unspecified atom stereocenters. The van der Waals surface area contributed by atoms with Gasteiger partial charge in [-0.25, -0.2) is 0 Å². The first-order chi connectivity index (χ1) is 11.5. The van der Waals surface area contributed by atoms with Crippen LogP contribution >= 0.6 is 0 Å². The summed E-state index contributed by atoms with van der Waals surface area (Å²) >= 11 is 0. The number of pyridine rings is 1. The Kier molecular flexibility index (Phi) is 5.58. The van der Waals surface area contributed by atoms with Crippen molar-refractivity contribution < 1.29 is 9.90 Å². The number of carbonyl (C=O) groups excluding carboxylic acids is 1. The number of aromatic amines is 1. The maximum atomic E-state index is 10.4. The number of nitrogens with zero attached hydrogens (tertiary/aromatic N) is 2. The van der Waals surface area contributed by atoms with Gasteiger partial charge in [0.2, 0.25) is 11.5 Å². The third kappa shape index (κ3) is 4.36. The maximum Gasteiger partial charge on any atom is 0.250 e. The molecule has 24 heavy (non-hydrogen) atoms. The van der Waals surface area contributed by atoms with Crippen molar-refractivity contribution in [2.24, 2.45) is 5.73 Å². The highest BCUT2D eigenvalue weighted by molar-refractivity contribution is 5.92. The molecule has 1 aliphatic heterocycles. The first kappa shape index (κ1) is 17.1. The summed E-state index contributed by atoms with van der Waals surface area (Å²) in [6, 6.07) is 9.80. The molecule has 0 saturated carbocycles. The summed E-state index contributed by atoms with van der Waals surface area (Å²) < 4.78 is 0. The quantitative estimate of drug-likeness (QED) is 0.768. The smallest absolute Gasteiger partial charge is 0.250 e. The van der Waals surface area contributed by atoms with Crippen LogP contribution in [0.2, 0.25) is 0 Å². The maximum absolute atomic E-state index is 10.4. The van der Waals surface area contributed by atoms with E-state index in [1.165, 1.54) is 31.2 Å². The topological polar surface area (TPSA) is 123 Å². The van der Waals surface area contributed by atoms with Crippen LogP contribution in [-0.4, -0.2) is 29.1 Å². The average Bonchev–Trinajstić information content (AvgIpc) is 3.10. The Bertz CT molecular complexity index is 797. The van der Waals surface area contributed by atoms with Crippen molar-refractivity contribution in [3.8, 4) is 11.8 Å². The summed E-state index contributed by atoms with van der Waals surface area (Å²) in [5, 5.41) is 18.2. The molecular weight excluding hydrogens is 308 g/mol. The molecule has 0 atom stereocenters. The monoisotopic (exact) mass is 326 g/mol. The molecule has 0 spiro atoms. The molecule has 3 rings (SSSR count). The van der Waals surface area contributed by atoms with E-state index in [9.17, 15) is 14.7 Å². The van der Waals surface area contributed by atoms with Crippen LogP contribution in [0.4, 0.5) is 5.69 Å². The summed E-state index contributed by atoms with van der Waals surface area (Å²) in [6.45, 7) is 2.09. The van der Waals surface area contributed by atoms with Crippen LogP contribution in [0.5, 0.6) is 5.75 Å². The van der Waals surface area contributed by atoms with Gasteiger partial charge in [-0.05, 0) is 31.0 Å². The lowest BCUT2D eigenvalue weighted by Crippen LogP contribution is -2.17. The molecule has 4 N–H and O–H groups in total. The number of amides is 1. The van der Waals surface area contributed by atoms with Crippen molar-refractivity contribution in [3.05, 3.63) is 58.0 Å². The summed E-state index contributed by atoms with van der Waals surface area (Å²) in [6.07, 6.45) is 3.70. The number of aromatic nitrogens is 1. The van der Waals surface area contributed by atoms with E-state index in [2.05, 4.69) is 9.88 Å². The Labute approximate surface area is 139 Å². The standard InChI is InChI=1S/C11H12N2O.C6H6N2O2/c12-8-9-3-4-10(7-11(9)14)13-5-1-2-6-13;7-6(10)4-1-2-5(9)8-3-4/h3-4,7,14H,1-2,5-6H2;1-3H,(H2,7,10)(H,8,9). The van der Waals surface area contributed by atoms with E-state index in [1.807, 2.05) is 12.1 Å². The number of hydrogen-bond donors (Lipinski definition) is 3. The lowest BCUT2D eigenvalue weighted by atomic mass is 10.2. The van der Waals surface area contributed by atoms with Crippen LogP contribution in [-0.2, 0) is 0 Å². The molecule has 1 aromatic heterocycles. The fourth-order valence-electron chi connectivity index (χ4n) is 2.35. The SMILES string of the molecule is N#Cc1ccc(N2CCCC2)cc1O.NC(=O)c1ccc(=O)[nH]c1. The molecule has 0 bridgehead atoms. The number of aromatic hydroxyl groups is 1. The van der Waals surface area contributed by atoms with Gasteiger partial charge in [-0.1, -0.05) is 0 Å². The van der Waals surface area contributed by atoms with Crippen molar-refractivity contribution in [2.75, 3.05) is 18.0 Å². The Morgan fingerprint density at radius 1 is 1.25 bits per heavy atom. The lowest BCUT2D eigenvalue weighted by molar-refractivity contribution is 0.1000. The first-order valence-electron chi connectivity index (χ1n) is 7.48. The minimum absolute atomic E-state index is 0.0805. The molecule has 1 saturated heterocycles. The van der Waals surface area contributed by atoms with Crippen molar-refractivity contribution in [1.29, 1.82) is 5.26 Å². The molecule has 2 heterocycles. The predicted octanol–water partition coefficient (Wildman–Crippen LogP) is 1.34. The molecule has 1 aromatic carbocycles. The molecule has 1 fully saturated rings. The van der Waals surface area contributed by atoms with Crippen LogP contribution in [0.1, 0.15) is 28.8 Å². The zero-order valence-electron chi connectivity index (χ0n) is 13.0. The Morgan fingerprint density at radius 2 is 1.96 bits per heavy atom. The summed E-state index contributed by atoms with van der Waals surface area (Å²) in [5.74, 6) is -0.465. The highest BCUT2D eigenvalue weighted by Gasteiger charge is 2.13. The number of phenolic OH excluding ortho intramolecular Hbond substituents is 1. The van der Waals surface area contributed by atoms with Gasteiger partial charge in [-0.2, -0.15) is 5.26 Å². The van der Waals surface area contributed by atoms with Crippen LogP contribution in [0.25, 0.3) is 0 Å². The lowest BCUT2D eigenvalue weighted by Gasteiger charge is -2.17. The number of nitrogens with two attached hydrogens (primary N) is 1. The van der Waals surface area contributed by atoms with Gasteiger partial charge in [0.1, 0.15) is 11.8 Å². The van der Waals surface area contributed by atoms with Gasteiger partial charge in [0.05, 0.1) is 11.1 Å². The number of nitrogens with one attached hydrogen (secondary N) is 1. The van der Waals surface area contributed by atoms with E-state index in [0.29, 0.717) is 11.1 Å². The second kappa shape index (κ2) is 7.83. The molecule has 2 aromatic rings. The number of nitriles is 1. The van der Waals surface area contributed by atoms with E-state index < -0.39 is 5.91 Å². The third-order valence-electron chi connectivity index (χ3n) is 3.64. The van der Waals surface area contributed by atoms with Gasteiger partial charge in [0.25, 0.3) is 0 Å². The number of primary amides is 1. The van der Waals surface area contributed by atoms with Gasteiger partial charge in [0, 0.05) is 37.1 Å². The Balaban J connectivity index is 0.000000185. The zero-order valence-corrected chi connectivity index (χ0v) is 13.0. The molecule has 1 aliphatic rings. The minimum atomic E-state index is -0.545. The number of benzene rings is 1. The van der Waals surface area contributed by atoms with Crippen molar-refractivity contribution in [2.45, 2.75) is 12.8 Å². The van der Waals surface area contributed by atoms with Crippen LogP contribution in [0, 0.1) is 11.3 Å². The van der Waals surface area contributed by atoms with Crippen molar-refractivity contribution >= 4 is 11.6 Å². The molecular formula is C17H18N4O3. The van der Waals surface area contributed by atoms with Crippen LogP contribution in [0.15, 0.2) is 41.3 Å². The van der Waals surface area contributed by atoms with Crippen molar-refractivity contribution in [3.63, 3.8) is 0 Å². The second-order valence-corrected chi connectivity index (χ2v) is 5.31. The Morgan fingerprint density at radius 3 is 2.46 bits per heavy atom. The Hall–Kier alpha value is -3.27. The first-order valence-corrected chi connectivity index (χ1v) is 7.48. The molecule has 0 aliphatic carbocycles. The number of anilines is 1. The summed E-state index contributed by atoms with van der Waals surface area (Å²) in [5.41, 5.74) is 6.32. The van der Waals surface area contributed by atoms with E-state index >= 15 is 0 Å². The van der Waals surface area contributed by atoms with E-state index in [1.54, 1.807) is 12.1 Å². The third-order valence-corrected chi connectivity index (χ3v) is 3.64. The minimum Gasteiger partial charge on any atom is -0.506 e. The number of hydrogen-bond acceptors (Lipinski definition) is 5. The summed E-state index contributed by atoms with van der Waals surface area (Å²) in [4.78, 5) is 25.4. The van der Waals surface area contributed by atoms with Crippen LogP contribution in [0.3, 0.4) is 0 Å². The number of phenols is 1. The van der Waals surface area contributed by atoms with E-state index in [-0.39, 0.29) is 11.3 Å². The van der Waals surface area contributed by atoms with Gasteiger partial charge in [0.15, 0.2) is 0 Å². The van der Waals surface area contributed by atoms with Gasteiger partial charge >= 0.3 is 0 Å². The molecule has 0 radical (unpaired) electrons. The van der Waals surface area contributed by atoms with Gasteiger partial charge < -0.3 is 20.7 Å². The fourth-order valence-corrected chi connectivity index (χ4v) is 2.35. The number of rotatable bonds is 2. The van der Waals surface area contributed by atoms with Gasteiger partial charge in [-0.3, -0.25) is 9.59 Å². The van der Waals surface area contributed by atoms with Crippen molar-refractivity contribution in [1.82, 2.24) is 4.98 Å². The second-order valence-electron chi connectivity index (χ2n) is 5.31. The number of H-pyrrole nitrogens is 1. The zero-order chi connectivity index (χ0) is 17.5. The number of carbonyl (C=O) groups is 1. The average molecular weight is 326 g/mol. The van der Waals surface area contributed by atoms with E-state index in [4.69, 9.17) is 11.0 Å². The molecule has 7 heteroatoms. The van der Waals surface area contributed by atoms with E-state index in [0.717, 1.165) is 18.8 Å². The molecule has 1 amide bonds. The molecule has 124 valence electrons. The highest BCUT2D eigenvalue weighted by atomic mass is 16.3. The van der Waals surface area contributed by atoms with Gasteiger partial charge in [-0.15, -0.1) is 0 Å². The van der Waals surface area contributed by atoms with Crippen LogP contribution < -0.4 is 16.2 Å². The largest absolute Gasteiger partial charge is 0.506 e.